The lowest BCUT2D eigenvalue weighted by molar-refractivity contribution is -0.126. The van der Waals surface area contributed by atoms with Crippen LogP contribution in [0.3, 0.4) is 0 Å². The van der Waals surface area contributed by atoms with Crippen LogP contribution in [0.2, 0.25) is 0 Å². The van der Waals surface area contributed by atoms with Gasteiger partial charge < -0.3 is 15.2 Å². The minimum absolute atomic E-state index is 0.0288. The third-order valence-electron chi connectivity index (χ3n) is 3.37. The Morgan fingerprint density at radius 3 is 2.83 bits per heavy atom. The average Bonchev–Trinajstić information content (AvgIpc) is 2.83. The predicted octanol–water partition coefficient (Wildman–Crippen LogP) is 1.26. The molecule has 3 atom stereocenters. The molecule has 3 unspecified atom stereocenters. The molecule has 0 spiro atoms. The topological polar surface area (TPSA) is 58.6 Å². The minimum Gasteiger partial charge on any atom is -0.387 e. The van der Waals surface area contributed by atoms with Gasteiger partial charge in [0.15, 0.2) is 0 Å². The Morgan fingerprint density at radius 2 is 2.22 bits per heavy atom. The molecule has 4 heteroatoms. The summed E-state index contributed by atoms with van der Waals surface area (Å²) in [6.07, 6.45) is 0.0701. The molecule has 0 aromatic heterocycles. The molecule has 0 radical (unpaired) electrons. The highest BCUT2D eigenvalue weighted by molar-refractivity contribution is 5.79. The molecule has 18 heavy (non-hydrogen) atoms. The third kappa shape index (κ3) is 3.09. The molecule has 1 aromatic carbocycles. The van der Waals surface area contributed by atoms with E-state index in [0.29, 0.717) is 6.61 Å². The van der Waals surface area contributed by atoms with E-state index in [0.717, 1.165) is 12.0 Å². The zero-order valence-corrected chi connectivity index (χ0v) is 10.5. The zero-order chi connectivity index (χ0) is 13.0. The quantitative estimate of drug-likeness (QED) is 0.844. The van der Waals surface area contributed by atoms with Crippen molar-refractivity contribution in [3.05, 3.63) is 35.9 Å². The summed E-state index contributed by atoms with van der Waals surface area (Å²) in [5, 5.41) is 12.7. The van der Waals surface area contributed by atoms with Gasteiger partial charge in [-0.3, -0.25) is 4.79 Å². The van der Waals surface area contributed by atoms with E-state index in [-0.39, 0.29) is 24.5 Å². The van der Waals surface area contributed by atoms with Crippen molar-refractivity contribution in [3.63, 3.8) is 0 Å². The van der Waals surface area contributed by atoms with Gasteiger partial charge in [-0.05, 0) is 18.9 Å². The first-order chi connectivity index (χ1) is 8.68. The van der Waals surface area contributed by atoms with E-state index in [9.17, 15) is 9.90 Å². The number of carbonyl (C=O) groups is 1. The molecular weight excluding hydrogens is 230 g/mol. The summed E-state index contributed by atoms with van der Waals surface area (Å²) in [7, 11) is 0. The van der Waals surface area contributed by atoms with Crippen molar-refractivity contribution in [2.24, 2.45) is 5.92 Å². The number of ether oxygens (including phenoxy) is 1. The number of carbonyl (C=O) groups excluding carboxylic acids is 1. The smallest absolute Gasteiger partial charge is 0.225 e. The number of hydrogen-bond acceptors (Lipinski definition) is 3. The van der Waals surface area contributed by atoms with Crippen molar-refractivity contribution in [2.75, 3.05) is 13.2 Å². The molecule has 1 amide bonds. The first-order valence-electron chi connectivity index (χ1n) is 6.31. The summed E-state index contributed by atoms with van der Waals surface area (Å²) < 4.78 is 5.35. The van der Waals surface area contributed by atoms with Crippen molar-refractivity contribution < 1.29 is 14.6 Å². The SMILES string of the molecule is CC1OCCC1C(=O)NCC(O)c1ccccc1. The van der Waals surface area contributed by atoms with Crippen molar-refractivity contribution in [2.45, 2.75) is 25.6 Å². The predicted molar refractivity (Wildman–Crippen MR) is 67.9 cm³/mol. The van der Waals surface area contributed by atoms with Gasteiger partial charge in [-0.15, -0.1) is 0 Å². The zero-order valence-electron chi connectivity index (χ0n) is 10.5. The van der Waals surface area contributed by atoms with E-state index < -0.39 is 6.10 Å². The Labute approximate surface area is 107 Å². The van der Waals surface area contributed by atoms with Gasteiger partial charge in [0.2, 0.25) is 5.91 Å². The van der Waals surface area contributed by atoms with Gasteiger partial charge in [0.1, 0.15) is 0 Å². The highest BCUT2D eigenvalue weighted by Gasteiger charge is 2.30. The van der Waals surface area contributed by atoms with Crippen molar-refractivity contribution in [3.8, 4) is 0 Å². The second-order valence-corrected chi connectivity index (χ2v) is 4.64. The monoisotopic (exact) mass is 249 g/mol. The number of hydrogen-bond donors (Lipinski definition) is 2. The Morgan fingerprint density at radius 1 is 1.50 bits per heavy atom. The fraction of sp³-hybridized carbons (Fsp3) is 0.500. The summed E-state index contributed by atoms with van der Waals surface area (Å²) >= 11 is 0. The van der Waals surface area contributed by atoms with Crippen molar-refractivity contribution >= 4 is 5.91 Å². The summed E-state index contributed by atoms with van der Waals surface area (Å²) in [5.74, 6) is -0.122. The summed E-state index contributed by atoms with van der Waals surface area (Å²) in [5.41, 5.74) is 0.813. The summed E-state index contributed by atoms with van der Waals surface area (Å²) in [4.78, 5) is 11.9. The summed E-state index contributed by atoms with van der Waals surface area (Å²) in [6.45, 7) is 2.79. The van der Waals surface area contributed by atoms with Gasteiger partial charge in [0.25, 0.3) is 0 Å². The average molecular weight is 249 g/mol. The molecule has 1 aromatic rings. The Hall–Kier alpha value is -1.39. The van der Waals surface area contributed by atoms with E-state index in [1.165, 1.54) is 0 Å². The maximum absolute atomic E-state index is 11.9. The van der Waals surface area contributed by atoms with Gasteiger partial charge >= 0.3 is 0 Å². The molecule has 0 aliphatic carbocycles. The van der Waals surface area contributed by atoms with Gasteiger partial charge in [-0.2, -0.15) is 0 Å². The molecular formula is C14H19NO3. The molecule has 1 aliphatic rings. The molecule has 0 saturated carbocycles. The van der Waals surface area contributed by atoms with Gasteiger partial charge in [-0.1, -0.05) is 30.3 Å². The fourth-order valence-electron chi connectivity index (χ4n) is 2.20. The van der Waals surface area contributed by atoms with Crippen LogP contribution >= 0.6 is 0 Å². The Balaban J connectivity index is 1.83. The lowest BCUT2D eigenvalue weighted by Crippen LogP contribution is -2.36. The number of amides is 1. The highest BCUT2D eigenvalue weighted by atomic mass is 16.5. The van der Waals surface area contributed by atoms with E-state index >= 15 is 0 Å². The lowest BCUT2D eigenvalue weighted by Gasteiger charge is -2.16. The van der Waals surface area contributed by atoms with Crippen LogP contribution in [0.15, 0.2) is 30.3 Å². The molecule has 4 nitrogen and oxygen atoms in total. The number of rotatable bonds is 4. The molecule has 1 fully saturated rings. The standard InChI is InChI=1S/C14H19NO3/c1-10-12(7-8-18-10)14(17)15-9-13(16)11-5-3-2-4-6-11/h2-6,10,12-13,16H,7-9H2,1H3,(H,15,17). The van der Waals surface area contributed by atoms with Crippen LogP contribution in [-0.4, -0.2) is 30.3 Å². The molecule has 2 rings (SSSR count). The maximum Gasteiger partial charge on any atom is 0.225 e. The molecule has 1 heterocycles. The molecule has 0 bridgehead atoms. The maximum atomic E-state index is 11.9. The fourth-order valence-corrected chi connectivity index (χ4v) is 2.20. The van der Waals surface area contributed by atoms with Crippen LogP contribution < -0.4 is 5.32 Å². The second-order valence-electron chi connectivity index (χ2n) is 4.64. The van der Waals surface area contributed by atoms with Crippen LogP contribution in [0, 0.1) is 5.92 Å². The van der Waals surface area contributed by atoms with Crippen molar-refractivity contribution in [1.82, 2.24) is 5.32 Å². The first kappa shape index (κ1) is 13.1. The Bertz CT molecular complexity index is 393. The largest absolute Gasteiger partial charge is 0.387 e. The van der Waals surface area contributed by atoms with Gasteiger partial charge in [0, 0.05) is 13.2 Å². The Kier molecular flexibility index (Phi) is 4.33. The number of benzene rings is 1. The molecule has 2 N–H and O–H groups in total. The second kappa shape index (κ2) is 5.98. The van der Waals surface area contributed by atoms with E-state index in [1.54, 1.807) is 0 Å². The van der Waals surface area contributed by atoms with Crippen LogP contribution in [0.4, 0.5) is 0 Å². The van der Waals surface area contributed by atoms with Gasteiger partial charge in [0.05, 0.1) is 18.1 Å². The first-order valence-corrected chi connectivity index (χ1v) is 6.31. The molecule has 1 aliphatic heterocycles. The minimum atomic E-state index is -0.659. The van der Waals surface area contributed by atoms with E-state index in [4.69, 9.17) is 4.74 Å². The lowest BCUT2D eigenvalue weighted by atomic mass is 10.0. The molecule has 1 saturated heterocycles. The van der Waals surface area contributed by atoms with Crippen LogP contribution in [0.5, 0.6) is 0 Å². The third-order valence-corrected chi connectivity index (χ3v) is 3.37. The van der Waals surface area contributed by atoms with E-state index in [1.807, 2.05) is 37.3 Å². The van der Waals surface area contributed by atoms with Gasteiger partial charge in [-0.25, -0.2) is 0 Å². The molecule has 98 valence electrons. The number of nitrogens with one attached hydrogen (secondary N) is 1. The highest BCUT2D eigenvalue weighted by Crippen LogP contribution is 2.20. The number of aliphatic hydroxyl groups is 1. The van der Waals surface area contributed by atoms with Crippen LogP contribution in [0.25, 0.3) is 0 Å². The van der Waals surface area contributed by atoms with Crippen LogP contribution in [-0.2, 0) is 9.53 Å². The van der Waals surface area contributed by atoms with Crippen LogP contribution in [0.1, 0.15) is 25.0 Å². The number of aliphatic hydroxyl groups excluding tert-OH is 1. The van der Waals surface area contributed by atoms with E-state index in [2.05, 4.69) is 5.32 Å². The normalized spacial score (nSPS) is 24.8. The van der Waals surface area contributed by atoms with Crippen molar-refractivity contribution in [1.29, 1.82) is 0 Å². The summed E-state index contributed by atoms with van der Waals surface area (Å²) in [6, 6.07) is 9.32.